The van der Waals surface area contributed by atoms with Gasteiger partial charge in [0.2, 0.25) is 10.0 Å². The Kier molecular flexibility index (Phi) is 5.22. The molecule has 0 fully saturated rings. The maximum Gasteiger partial charge on any atom is 0.240 e. The molecular formula is C13H19NO4S. The second kappa shape index (κ2) is 6.27. The van der Waals surface area contributed by atoms with Crippen molar-refractivity contribution in [2.24, 2.45) is 0 Å². The van der Waals surface area contributed by atoms with Crippen molar-refractivity contribution >= 4 is 15.8 Å². The molecule has 0 bridgehead atoms. The Balaban J connectivity index is 2.85. The second-order valence-electron chi connectivity index (χ2n) is 4.69. The van der Waals surface area contributed by atoms with E-state index in [1.165, 1.54) is 31.2 Å². The van der Waals surface area contributed by atoms with Gasteiger partial charge in [-0.05, 0) is 39.3 Å². The molecule has 0 aliphatic carbocycles. The predicted octanol–water partition coefficient (Wildman–Crippen LogP) is 1.33. The first kappa shape index (κ1) is 15.8. The SMILES string of the molecule is CC(=O)c1ccc(S(=O)(=O)NC(C)CC(C)O)cc1. The molecule has 0 aliphatic heterocycles. The molecule has 6 heteroatoms. The highest BCUT2D eigenvalue weighted by Gasteiger charge is 2.18. The smallest absolute Gasteiger partial charge is 0.240 e. The molecule has 1 aromatic carbocycles. The van der Waals surface area contributed by atoms with E-state index in [0.717, 1.165) is 0 Å². The lowest BCUT2D eigenvalue weighted by Gasteiger charge is -2.15. The normalized spacial score (nSPS) is 14.9. The Hall–Kier alpha value is -1.24. The molecule has 0 aliphatic rings. The van der Waals surface area contributed by atoms with E-state index in [1.807, 2.05) is 0 Å². The summed E-state index contributed by atoms with van der Waals surface area (Å²) >= 11 is 0. The van der Waals surface area contributed by atoms with Crippen LogP contribution >= 0.6 is 0 Å². The fraction of sp³-hybridized carbons (Fsp3) is 0.462. The van der Waals surface area contributed by atoms with Gasteiger partial charge in [0, 0.05) is 11.6 Å². The zero-order valence-electron chi connectivity index (χ0n) is 11.3. The highest BCUT2D eigenvalue weighted by atomic mass is 32.2. The zero-order valence-corrected chi connectivity index (χ0v) is 12.1. The average molecular weight is 285 g/mol. The minimum Gasteiger partial charge on any atom is -0.393 e. The molecule has 1 aromatic rings. The van der Waals surface area contributed by atoms with Crippen molar-refractivity contribution in [3.8, 4) is 0 Å². The fourth-order valence-electron chi connectivity index (χ4n) is 1.76. The standard InChI is InChI=1S/C13H19NO4S/c1-9(8-10(2)15)14-19(17,18)13-6-4-12(5-7-13)11(3)16/h4-7,9-10,14-15H,8H2,1-3H3. The summed E-state index contributed by atoms with van der Waals surface area (Å²) in [4.78, 5) is 11.2. The number of aliphatic hydroxyl groups excluding tert-OH is 1. The monoisotopic (exact) mass is 285 g/mol. The number of Topliss-reactive ketones (excluding diaryl/α,β-unsaturated/α-hetero) is 1. The van der Waals surface area contributed by atoms with Gasteiger partial charge in [-0.2, -0.15) is 0 Å². The number of sulfonamides is 1. The minimum atomic E-state index is -3.62. The Morgan fingerprint density at radius 2 is 1.79 bits per heavy atom. The van der Waals surface area contributed by atoms with Gasteiger partial charge in [-0.3, -0.25) is 4.79 Å². The van der Waals surface area contributed by atoms with E-state index in [0.29, 0.717) is 12.0 Å². The van der Waals surface area contributed by atoms with Gasteiger partial charge < -0.3 is 5.11 Å². The number of benzene rings is 1. The number of rotatable bonds is 6. The summed E-state index contributed by atoms with van der Waals surface area (Å²) in [5, 5.41) is 9.22. The van der Waals surface area contributed by atoms with E-state index < -0.39 is 16.1 Å². The summed E-state index contributed by atoms with van der Waals surface area (Å²) in [6.07, 6.45) is -0.233. The quantitative estimate of drug-likeness (QED) is 0.772. The zero-order chi connectivity index (χ0) is 14.6. The van der Waals surface area contributed by atoms with E-state index >= 15 is 0 Å². The van der Waals surface area contributed by atoms with Gasteiger partial charge in [-0.25, -0.2) is 13.1 Å². The van der Waals surface area contributed by atoms with Crippen molar-refractivity contribution in [2.45, 2.75) is 44.2 Å². The molecule has 0 saturated heterocycles. The Morgan fingerprint density at radius 3 is 2.21 bits per heavy atom. The van der Waals surface area contributed by atoms with Crippen LogP contribution in [0, 0.1) is 0 Å². The number of nitrogens with one attached hydrogen (secondary N) is 1. The summed E-state index contributed by atoms with van der Waals surface area (Å²) in [7, 11) is -3.62. The first-order valence-corrected chi connectivity index (χ1v) is 7.52. The molecule has 2 N–H and O–H groups in total. The van der Waals surface area contributed by atoms with Crippen molar-refractivity contribution in [3.05, 3.63) is 29.8 Å². The van der Waals surface area contributed by atoms with Gasteiger partial charge >= 0.3 is 0 Å². The van der Waals surface area contributed by atoms with Crippen LogP contribution in [0.1, 0.15) is 37.6 Å². The molecule has 106 valence electrons. The molecule has 0 amide bonds. The van der Waals surface area contributed by atoms with Gasteiger partial charge in [0.1, 0.15) is 0 Å². The highest BCUT2D eigenvalue weighted by molar-refractivity contribution is 7.89. The van der Waals surface area contributed by atoms with E-state index in [4.69, 9.17) is 0 Å². The van der Waals surface area contributed by atoms with Gasteiger partial charge in [0.25, 0.3) is 0 Å². The third kappa shape index (κ3) is 4.74. The lowest BCUT2D eigenvalue weighted by atomic mass is 10.2. The van der Waals surface area contributed by atoms with Gasteiger partial charge in [0.15, 0.2) is 5.78 Å². The average Bonchev–Trinajstić information content (AvgIpc) is 2.27. The van der Waals surface area contributed by atoms with Crippen LogP contribution in [0.3, 0.4) is 0 Å². The molecule has 1 rings (SSSR count). The van der Waals surface area contributed by atoms with Crippen molar-refractivity contribution < 1.29 is 18.3 Å². The second-order valence-corrected chi connectivity index (χ2v) is 6.40. The lowest BCUT2D eigenvalue weighted by molar-refractivity contribution is 0.101. The molecule has 0 saturated carbocycles. The van der Waals surface area contributed by atoms with Crippen molar-refractivity contribution in [1.82, 2.24) is 4.72 Å². The first-order valence-electron chi connectivity index (χ1n) is 6.04. The van der Waals surface area contributed by atoms with Crippen molar-refractivity contribution in [2.75, 3.05) is 0 Å². The Labute approximate surface area is 113 Å². The van der Waals surface area contributed by atoms with E-state index in [2.05, 4.69) is 4.72 Å². The number of aliphatic hydroxyl groups is 1. The summed E-state index contributed by atoms with van der Waals surface area (Å²) in [6.45, 7) is 4.72. The van der Waals surface area contributed by atoms with Gasteiger partial charge in [-0.15, -0.1) is 0 Å². The summed E-state index contributed by atoms with van der Waals surface area (Å²) in [5.74, 6) is -0.112. The van der Waals surface area contributed by atoms with E-state index in [-0.39, 0.29) is 16.7 Å². The number of ketones is 1. The third-order valence-corrected chi connectivity index (χ3v) is 4.23. The van der Waals surface area contributed by atoms with Crippen molar-refractivity contribution in [1.29, 1.82) is 0 Å². The fourth-order valence-corrected chi connectivity index (χ4v) is 3.02. The van der Waals surface area contributed by atoms with Crippen LogP contribution in [0.2, 0.25) is 0 Å². The number of carbonyl (C=O) groups is 1. The van der Waals surface area contributed by atoms with Crippen LogP contribution in [0.5, 0.6) is 0 Å². The minimum absolute atomic E-state index is 0.106. The number of hydrogen-bond acceptors (Lipinski definition) is 4. The van der Waals surface area contributed by atoms with Crippen molar-refractivity contribution in [3.63, 3.8) is 0 Å². The number of hydrogen-bond donors (Lipinski definition) is 2. The molecular weight excluding hydrogens is 266 g/mol. The molecule has 0 radical (unpaired) electrons. The van der Waals surface area contributed by atoms with Gasteiger partial charge in [-0.1, -0.05) is 12.1 Å². The molecule has 0 spiro atoms. The van der Waals surface area contributed by atoms with E-state index in [9.17, 15) is 18.3 Å². The van der Waals surface area contributed by atoms with Crippen LogP contribution in [0.15, 0.2) is 29.2 Å². The van der Waals surface area contributed by atoms with Crippen LogP contribution < -0.4 is 4.72 Å². The molecule has 0 heterocycles. The van der Waals surface area contributed by atoms with Crippen LogP contribution in [0.25, 0.3) is 0 Å². The van der Waals surface area contributed by atoms with Gasteiger partial charge in [0.05, 0.1) is 11.0 Å². The maximum atomic E-state index is 12.0. The molecule has 2 unspecified atom stereocenters. The molecule has 0 aromatic heterocycles. The molecule has 5 nitrogen and oxygen atoms in total. The summed E-state index contributed by atoms with van der Waals surface area (Å²) < 4.78 is 26.5. The first-order chi connectivity index (χ1) is 8.72. The number of carbonyl (C=O) groups excluding carboxylic acids is 1. The largest absolute Gasteiger partial charge is 0.393 e. The van der Waals surface area contributed by atoms with Crippen LogP contribution in [-0.4, -0.2) is 31.5 Å². The summed E-state index contributed by atoms with van der Waals surface area (Å²) in [5.41, 5.74) is 0.468. The topological polar surface area (TPSA) is 83.5 Å². The van der Waals surface area contributed by atoms with Crippen LogP contribution in [0.4, 0.5) is 0 Å². The third-order valence-electron chi connectivity index (χ3n) is 2.62. The Bertz CT molecular complexity index is 534. The van der Waals surface area contributed by atoms with Crippen LogP contribution in [-0.2, 0) is 10.0 Å². The highest BCUT2D eigenvalue weighted by Crippen LogP contribution is 2.12. The van der Waals surface area contributed by atoms with E-state index in [1.54, 1.807) is 13.8 Å². The summed E-state index contributed by atoms with van der Waals surface area (Å²) in [6, 6.07) is 5.40. The molecule has 2 atom stereocenters. The molecule has 19 heavy (non-hydrogen) atoms. The maximum absolute atomic E-state index is 12.0. The predicted molar refractivity (Wildman–Crippen MR) is 72.5 cm³/mol. The lowest BCUT2D eigenvalue weighted by Crippen LogP contribution is -2.34. The Morgan fingerprint density at radius 1 is 1.26 bits per heavy atom.